The largest absolute Gasteiger partial charge is 0.365 e. The van der Waals surface area contributed by atoms with E-state index in [4.69, 9.17) is 0 Å². The number of nitrogens with one attached hydrogen (secondary N) is 2. The maximum atomic E-state index is 11.5. The van der Waals surface area contributed by atoms with Gasteiger partial charge < -0.3 is 9.88 Å². The second-order valence-corrected chi connectivity index (χ2v) is 6.97. The van der Waals surface area contributed by atoms with Crippen LogP contribution in [0.2, 0.25) is 0 Å². The average Bonchev–Trinajstić information content (AvgIpc) is 2.77. The van der Waals surface area contributed by atoms with Crippen LogP contribution in [0.5, 0.6) is 0 Å². The summed E-state index contributed by atoms with van der Waals surface area (Å²) in [6.45, 7) is 8.15. The number of hydrogen-bond acceptors (Lipinski definition) is 3. The highest BCUT2D eigenvalue weighted by atomic mass is 16.2. The van der Waals surface area contributed by atoms with Crippen LogP contribution >= 0.6 is 0 Å². The van der Waals surface area contributed by atoms with E-state index in [-0.39, 0.29) is 11.0 Å². The lowest BCUT2D eigenvalue weighted by Crippen LogP contribution is -2.30. The van der Waals surface area contributed by atoms with E-state index in [9.17, 15) is 9.59 Å². The molecule has 1 aromatic carbocycles. The van der Waals surface area contributed by atoms with Crippen molar-refractivity contribution in [2.45, 2.75) is 33.2 Å². The molecule has 1 aromatic heterocycles. The lowest BCUT2D eigenvalue weighted by atomic mass is 9.78. The van der Waals surface area contributed by atoms with Gasteiger partial charge in [-0.2, -0.15) is 0 Å². The molecule has 1 aliphatic heterocycles. The third-order valence-electron chi connectivity index (χ3n) is 4.28. The molecule has 0 amide bonds. The van der Waals surface area contributed by atoms with E-state index in [2.05, 4.69) is 53.8 Å². The third kappa shape index (κ3) is 2.71. The zero-order valence-electron chi connectivity index (χ0n) is 13.1. The molecular weight excluding hydrogens is 278 g/mol. The minimum atomic E-state index is -0.456. The number of aromatic amines is 2. The number of anilines is 1. The molecule has 116 valence electrons. The van der Waals surface area contributed by atoms with E-state index in [1.54, 1.807) is 0 Å². The summed E-state index contributed by atoms with van der Waals surface area (Å²) in [5.74, 6) is 0.428. The zero-order chi connectivity index (χ0) is 15.9. The van der Waals surface area contributed by atoms with Gasteiger partial charge in [0.2, 0.25) is 0 Å². The van der Waals surface area contributed by atoms with Crippen LogP contribution in [0.25, 0.3) is 0 Å². The Morgan fingerprint density at radius 1 is 1.18 bits per heavy atom. The van der Waals surface area contributed by atoms with Crippen molar-refractivity contribution in [3.63, 3.8) is 0 Å². The smallest absolute Gasteiger partial charge is 0.325 e. The number of nitrogens with zero attached hydrogens (tertiary/aromatic N) is 1. The van der Waals surface area contributed by atoms with Gasteiger partial charge >= 0.3 is 5.69 Å². The van der Waals surface area contributed by atoms with Crippen molar-refractivity contribution in [1.82, 2.24) is 9.97 Å². The van der Waals surface area contributed by atoms with Gasteiger partial charge in [-0.1, -0.05) is 39.0 Å². The molecule has 0 spiro atoms. The van der Waals surface area contributed by atoms with Crippen LogP contribution in [-0.4, -0.2) is 16.5 Å². The first kappa shape index (κ1) is 14.6. The second-order valence-electron chi connectivity index (χ2n) is 6.97. The van der Waals surface area contributed by atoms with E-state index >= 15 is 0 Å². The van der Waals surface area contributed by atoms with Crippen molar-refractivity contribution in [3.05, 3.63) is 62.4 Å². The molecule has 22 heavy (non-hydrogen) atoms. The molecule has 0 aliphatic carbocycles. The molecule has 0 saturated heterocycles. The molecule has 3 rings (SSSR count). The summed E-state index contributed by atoms with van der Waals surface area (Å²) >= 11 is 0. The van der Waals surface area contributed by atoms with Crippen LogP contribution in [0.15, 0.2) is 39.9 Å². The van der Waals surface area contributed by atoms with E-state index < -0.39 is 5.69 Å². The molecule has 0 bridgehead atoms. The Labute approximate surface area is 129 Å². The first-order valence-electron chi connectivity index (χ1n) is 7.51. The Morgan fingerprint density at radius 3 is 2.59 bits per heavy atom. The number of aromatic nitrogens is 2. The third-order valence-corrected chi connectivity index (χ3v) is 4.28. The number of fused-ring (bicyclic) bond motifs is 1. The van der Waals surface area contributed by atoms with Gasteiger partial charge in [0.05, 0.1) is 6.54 Å². The predicted octanol–water partition coefficient (Wildman–Crippen LogP) is 2.21. The van der Waals surface area contributed by atoms with Crippen molar-refractivity contribution in [1.29, 1.82) is 0 Å². The van der Waals surface area contributed by atoms with Crippen LogP contribution in [0, 0.1) is 5.41 Å². The monoisotopic (exact) mass is 299 g/mol. The quantitative estimate of drug-likeness (QED) is 0.893. The van der Waals surface area contributed by atoms with Crippen molar-refractivity contribution in [2.75, 3.05) is 11.4 Å². The fourth-order valence-electron chi connectivity index (χ4n) is 3.19. The molecule has 5 heteroatoms. The highest BCUT2D eigenvalue weighted by molar-refractivity contribution is 5.60. The number of H-pyrrole nitrogens is 2. The van der Waals surface area contributed by atoms with Crippen LogP contribution < -0.4 is 16.1 Å². The van der Waals surface area contributed by atoms with E-state index in [1.165, 1.54) is 17.3 Å². The predicted molar refractivity (Wildman–Crippen MR) is 87.4 cm³/mol. The fraction of sp³-hybridized carbons (Fsp3) is 0.412. The first-order chi connectivity index (χ1) is 10.3. The minimum absolute atomic E-state index is 0.159. The lowest BCUT2D eigenvalue weighted by Gasteiger charge is -2.28. The highest BCUT2D eigenvalue weighted by Gasteiger charge is 2.36. The first-order valence-corrected chi connectivity index (χ1v) is 7.51. The summed E-state index contributed by atoms with van der Waals surface area (Å²) in [7, 11) is 0. The number of hydrogen-bond donors (Lipinski definition) is 2. The van der Waals surface area contributed by atoms with Crippen molar-refractivity contribution >= 4 is 5.69 Å². The zero-order valence-corrected chi connectivity index (χ0v) is 13.1. The molecule has 0 radical (unpaired) electrons. The topological polar surface area (TPSA) is 69.0 Å². The summed E-state index contributed by atoms with van der Waals surface area (Å²) in [5, 5.41) is 0. The van der Waals surface area contributed by atoms with Gasteiger partial charge in [-0.15, -0.1) is 0 Å². The second kappa shape index (κ2) is 5.16. The molecule has 1 atom stereocenters. The van der Waals surface area contributed by atoms with Crippen molar-refractivity contribution in [2.24, 2.45) is 5.41 Å². The SMILES string of the molecule is CC(C)(C)C1CN(Cc2cc(=O)[nH]c(=O)[nH]2)c2ccccc21. The van der Waals surface area contributed by atoms with Crippen molar-refractivity contribution in [3.8, 4) is 0 Å². The Hall–Kier alpha value is -2.30. The summed E-state index contributed by atoms with van der Waals surface area (Å²) < 4.78 is 0. The summed E-state index contributed by atoms with van der Waals surface area (Å²) in [6.07, 6.45) is 0. The van der Waals surface area contributed by atoms with Gasteiger partial charge in [0.25, 0.3) is 5.56 Å². The van der Waals surface area contributed by atoms with E-state index in [0.29, 0.717) is 18.2 Å². The maximum Gasteiger partial charge on any atom is 0.325 e. The van der Waals surface area contributed by atoms with Gasteiger partial charge in [-0.05, 0) is 17.0 Å². The molecule has 1 aliphatic rings. The normalized spacial score (nSPS) is 17.6. The Bertz CT molecular complexity index is 770. The summed E-state index contributed by atoms with van der Waals surface area (Å²) in [4.78, 5) is 30.0. The summed E-state index contributed by atoms with van der Waals surface area (Å²) in [6, 6.07) is 9.82. The average molecular weight is 299 g/mol. The fourth-order valence-corrected chi connectivity index (χ4v) is 3.19. The van der Waals surface area contributed by atoms with Gasteiger partial charge in [-0.3, -0.25) is 9.78 Å². The van der Waals surface area contributed by atoms with Gasteiger partial charge in [-0.25, -0.2) is 4.79 Å². The Morgan fingerprint density at radius 2 is 1.91 bits per heavy atom. The van der Waals surface area contributed by atoms with E-state index in [1.807, 2.05) is 6.07 Å². The number of para-hydroxylation sites is 1. The van der Waals surface area contributed by atoms with E-state index in [0.717, 1.165) is 6.54 Å². The molecule has 2 N–H and O–H groups in total. The lowest BCUT2D eigenvalue weighted by molar-refractivity contribution is 0.332. The molecule has 2 aromatic rings. The van der Waals surface area contributed by atoms with Crippen LogP contribution in [0.4, 0.5) is 5.69 Å². The molecular formula is C17H21N3O2. The molecule has 0 fully saturated rings. The number of rotatable bonds is 2. The molecule has 1 unspecified atom stereocenters. The maximum absolute atomic E-state index is 11.5. The standard InChI is InChI=1S/C17H21N3O2/c1-17(2,3)13-10-20(14-7-5-4-6-12(13)14)9-11-8-15(21)19-16(22)18-11/h4-8,13H,9-10H2,1-3H3,(H2,18,19,21,22). The molecule has 5 nitrogen and oxygen atoms in total. The Kier molecular flexibility index (Phi) is 3.43. The summed E-state index contributed by atoms with van der Waals surface area (Å²) in [5.41, 5.74) is 2.50. The van der Waals surface area contributed by atoms with Crippen LogP contribution in [0.1, 0.15) is 37.9 Å². The minimum Gasteiger partial charge on any atom is -0.365 e. The van der Waals surface area contributed by atoms with Gasteiger partial charge in [0.15, 0.2) is 0 Å². The van der Waals surface area contributed by atoms with Crippen LogP contribution in [-0.2, 0) is 6.54 Å². The van der Waals surface area contributed by atoms with Crippen molar-refractivity contribution < 1.29 is 0 Å². The molecule has 0 saturated carbocycles. The van der Waals surface area contributed by atoms with Crippen LogP contribution in [0.3, 0.4) is 0 Å². The molecule has 2 heterocycles. The number of benzene rings is 1. The van der Waals surface area contributed by atoms with Gasteiger partial charge in [0, 0.05) is 29.9 Å². The Balaban J connectivity index is 1.96. The van der Waals surface area contributed by atoms with Gasteiger partial charge in [0.1, 0.15) is 0 Å². The highest BCUT2D eigenvalue weighted by Crippen LogP contribution is 2.45.